The Morgan fingerprint density at radius 1 is 1.50 bits per heavy atom. The van der Waals surface area contributed by atoms with Gasteiger partial charge in [0.1, 0.15) is 0 Å². The van der Waals surface area contributed by atoms with Gasteiger partial charge in [0.2, 0.25) is 0 Å². The summed E-state index contributed by atoms with van der Waals surface area (Å²) >= 11 is 0. The van der Waals surface area contributed by atoms with Gasteiger partial charge in [0.05, 0.1) is 37.4 Å². The summed E-state index contributed by atoms with van der Waals surface area (Å²) in [5, 5.41) is 9.96. The van der Waals surface area contributed by atoms with Crippen molar-refractivity contribution in [3.63, 3.8) is 0 Å². The highest BCUT2D eigenvalue weighted by Gasteiger charge is 2.16. The van der Waals surface area contributed by atoms with E-state index in [0.717, 1.165) is 37.4 Å². The first-order valence-corrected chi connectivity index (χ1v) is 6.52. The van der Waals surface area contributed by atoms with Gasteiger partial charge in [0.25, 0.3) is 0 Å². The van der Waals surface area contributed by atoms with Gasteiger partial charge >= 0.3 is 0 Å². The summed E-state index contributed by atoms with van der Waals surface area (Å²) in [5.74, 6) is 0. The average Bonchev–Trinajstić information content (AvgIpc) is 2.70. The van der Waals surface area contributed by atoms with Crippen molar-refractivity contribution in [1.82, 2.24) is 9.55 Å². The van der Waals surface area contributed by atoms with E-state index in [1.807, 2.05) is 18.4 Å². The van der Waals surface area contributed by atoms with E-state index in [-0.39, 0.29) is 6.10 Å². The first-order chi connectivity index (χ1) is 8.66. The molecule has 102 valence electrons. The molecular weight excluding hydrogens is 232 g/mol. The second-order valence-electron chi connectivity index (χ2n) is 4.87. The molecule has 0 bridgehead atoms. The zero-order valence-electron chi connectivity index (χ0n) is 11.1. The number of imidazole rings is 1. The number of aliphatic hydroxyl groups excluding tert-OH is 1. The van der Waals surface area contributed by atoms with Crippen LogP contribution < -0.4 is 0 Å². The van der Waals surface area contributed by atoms with E-state index in [0.29, 0.717) is 13.2 Å². The molecule has 18 heavy (non-hydrogen) atoms. The number of hydrogen-bond donors (Lipinski definition) is 1. The first kappa shape index (κ1) is 13.5. The predicted molar refractivity (Wildman–Crippen MR) is 67.5 cm³/mol. The molecule has 5 heteroatoms. The lowest BCUT2D eigenvalue weighted by Gasteiger charge is -2.24. The molecule has 5 nitrogen and oxygen atoms in total. The van der Waals surface area contributed by atoms with E-state index in [4.69, 9.17) is 9.47 Å². The zero-order chi connectivity index (χ0) is 13.0. The molecule has 1 aromatic heterocycles. The molecule has 0 aliphatic carbocycles. The largest absolute Gasteiger partial charge is 0.389 e. The van der Waals surface area contributed by atoms with Crippen molar-refractivity contribution in [2.75, 3.05) is 19.8 Å². The lowest BCUT2D eigenvalue weighted by atomic mass is 10.1. The minimum absolute atomic E-state index is 0.235. The molecule has 0 aromatic carbocycles. The molecule has 0 saturated carbocycles. The van der Waals surface area contributed by atoms with Crippen LogP contribution in [0.3, 0.4) is 0 Å². The number of aryl methyl sites for hydroxylation is 1. The number of ether oxygens (including phenoxy) is 2. The minimum atomic E-state index is -0.486. The molecule has 1 saturated heterocycles. The van der Waals surface area contributed by atoms with Crippen LogP contribution in [0.5, 0.6) is 0 Å². The maximum atomic E-state index is 9.96. The fraction of sp³-hybridized carbons (Fsp3) is 0.769. The molecule has 1 unspecified atom stereocenters. The molecule has 0 spiro atoms. The number of hydrogen-bond acceptors (Lipinski definition) is 4. The molecule has 1 fully saturated rings. The van der Waals surface area contributed by atoms with Crippen molar-refractivity contribution in [2.24, 2.45) is 0 Å². The SMILES string of the molecule is Cc1ncn(CC(O)COC2CCOCC2)c1C. The highest BCUT2D eigenvalue weighted by atomic mass is 16.5. The molecule has 1 aromatic rings. The van der Waals surface area contributed by atoms with E-state index in [1.165, 1.54) is 0 Å². The maximum Gasteiger partial charge on any atom is 0.0952 e. The summed E-state index contributed by atoms with van der Waals surface area (Å²) in [6.45, 7) is 6.42. The van der Waals surface area contributed by atoms with Crippen LogP contribution in [0, 0.1) is 13.8 Å². The zero-order valence-corrected chi connectivity index (χ0v) is 11.1. The van der Waals surface area contributed by atoms with Gasteiger partial charge in [0.15, 0.2) is 0 Å². The standard InChI is InChI=1S/C13H22N2O3/c1-10-11(2)15(9-14-10)7-12(16)8-18-13-3-5-17-6-4-13/h9,12-13,16H,3-8H2,1-2H3. The van der Waals surface area contributed by atoms with Crippen LogP contribution in [0.4, 0.5) is 0 Å². The average molecular weight is 254 g/mol. The van der Waals surface area contributed by atoms with Gasteiger partial charge in [-0.05, 0) is 26.7 Å². The lowest BCUT2D eigenvalue weighted by molar-refractivity contribution is -0.0618. The first-order valence-electron chi connectivity index (χ1n) is 6.52. The van der Waals surface area contributed by atoms with Gasteiger partial charge < -0.3 is 19.1 Å². The molecule has 0 amide bonds. The Kier molecular flexibility index (Phi) is 4.74. The molecule has 1 aliphatic heterocycles. The third-order valence-electron chi connectivity index (χ3n) is 3.45. The normalized spacial score (nSPS) is 19.1. The van der Waals surface area contributed by atoms with Crippen molar-refractivity contribution in [3.8, 4) is 0 Å². The van der Waals surface area contributed by atoms with Crippen LogP contribution in [-0.4, -0.2) is 46.7 Å². The Morgan fingerprint density at radius 3 is 2.83 bits per heavy atom. The number of nitrogens with zero attached hydrogens (tertiary/aromatic N) is 2. The predicted octanol–water partition coefficient (Wildman–Crippen LogP) is 1.06. The maximum absolute atomic E-state index is 9.96. The van der Waals surface area contributed by atoms with Crippen LogP contribution in [0.1, 0.15) is 24.2 Å². The van der Waals surface area contributed by atoms with Crippen LogP contribution >= 0.6 is 0 Å². The monoisotopic (exact) mass is 254 g/mol. The summed E-state index contributed by atoms with van der Waals surface area (Å²) < 4.78 is 12.9. The fourth-order valence-corrected chi connectivity index (χ4v) is 2.10. The number of aromatic nitrogens is 2. The fourth-order valence-electron chi connectivity index (χ4n) is 2.10. The van der Waals surface area contributed by atoms with E-state index < -0.39 is 6.10 Å². The third-order valence-corrected chi connectivity index (χ3v) is 3.45. The topological polar surface area (TPSA) is 56.5 Å². The molecule has 2 rings (SSSR count). The van der Waals surface area contributed by atoms with E-state index in [2.05, 4.69) is 4.98 Å². The minimum Gasteiger partial charge on any atom is -0.389 e. The number of rotatable bonds is 5. The van der Waals surface area contributed by atoms with Crippen molar-refractivity contribution >= 4 is 0 Å². The summed E-state index contributed by atoms with van der Waals surface area (Å²) in [6.07, 6.45) is 3.37. The third kappa shape index (κ3) is 3.54. The molecular formula is C13H22N2O3. The van der Waals surface area contributed by atoms with Crippen LogP contribution in [0.25, 0.3) is 0 Å². The lowest BCUT2D eigenvalue weighted by Crippen LogP contribution is -2.29. The van der Waals surface area contributed by atoms with Gasteiger partial charge in [-0.25, -0.2) is 4.98 Å². The molecule has 2 heterocycles. The summed E-state index contributed by atoms with van der Waals surface area (Å²) in [4.78, 5) is 4.21. The summed E-state index contributed by atoms with van der Waals surface area (Å²) in [6, 6.07) is 0. The highest BCUT2D eigenvalue weighted by Crippen LogP contribution is 2.11. The molecule has 1 aliphatic rings. The van der Waals surface area contributed by atoms with Gasteiger partial charge in [-0.1, -0.05) is 0 Å². The van der Waals surface area contributed by atoms with Crippen molar-refractivity contribution in [2.45, 2.75) is 45.4 Å². The number of aliphatic hydroxyl groups is 1. The van der Waals surface area contributed by atoms with Crippen LogP contribution in [-0.2, 0) is 16.0 Å². The van der Waals surface area contributed by atoms with Gasteiger partial charge in [-0.3, -0.25) is 0 Å². The van der Waals surface area contributed by atoms with Gasteiger partial charge in [-0.15, -0.1) is 0 Å². The Hall–Kier alpha value is -0.910. The molecule has 1 atom stereocenters. The van der Waals surface area contributed by atoms with Crippen LogP contribution in [0.15, 0.2) is 6.33 Å². The van der Waals surface area contributed by atoms with Gasteiger partial charge in [0, 0.05) is 18.9 Å². The Morgan fingerprint density at radius 2 is 2.22 bits per heavy atom. The van der Waals surface area contributed by atoms with Crippen molar-refractivity contribution in [3.05, 3.63) is 17.7 Å². The van der Waals surface area contributed by atoms with E-state index in [9.17, 15) is 5.11 Å². The summed E-state index contributed by atoms with van der Waals surface area (Å²) in [7, 11) is 0. The second kappa shape index (κ2) is 6.31. The molecule has 0 radical (unpaired) electrons. The highest BCUT2D eigenvalue weighted by molar-refractivity contribution is 5.08. The molecule has 1 N–H and O–H groups in total. The van der Waals surface area contributed by atoms with Crippen molar-refractivity contribution in [1.29, 1.82) is 0 Å². The quantitative estimate of drug-likeness (QED) is 0.853. The summed E-state index contributed by atoms with van der Waals surface area (Å²) in [5.41, 5.74) is 2.10. The smallest absolute Gasteiger partial charge is 0.0952 e. The van der Waals surface area contributed by atoms with Crippen molar-refractivity contribution < 1.29 is 14.6 Å². The van der Waals surface area contributed by atoms with Gasteiger partial charge in [-0.2, -0.15) is 0 Å². The van der Waals surface area contributed by atoms with Crippen LogP contribution in [0.2, 0.25) is 0 Å². The second-order valence-corrected chi connectivity index (χ2v) is 4.87. The van der Waals surface area contributed by atoms with E-state index >= 15 is 0 Å². The Labute approximate surface area is 108 Å². The Balaban J connectivity index is 1.74. The Bertz CT molecular complexity index is 372. The van der Waals surface area contributed by atoms with E-state index in [1.54, 1.807) is 6.33 Å².